The maximum Gasteiger partial charge on any atom is 0.265 e. The summed E-state index contributed by atoms with van der Waals surface area (Å²) < 4.78 is 71.0. The number of hydrogen-bond donors (Lipinski definition) is 3. The van der Waals surface area contributed by atoms with Gasteiger partial charge in [0.15, 0.2) is 23.0 Å². The van der Waals surface area contributed by atoms with E-state index in [9.17, 15) is 22.7 Å². The first-order chi connectivity index (χ1) is 18.9. The second-order valence-electron chi connectivity index (χ2n) is 9.34. The van der Waals surface area contributed by atoms with Gasteiger partial charge in [-0.25, -0.2) is 32.5 Å². The second-order valence-corrected chi connectivity index (χ2v) is 9.34. The predicted octanol–water partition coefficient (Wildman–Crippen LogP) is 2.73. The summed E-state index contributed by atoms with van der Waals surface area (Å²) in [7, 11) is 1.22. The number of nitrogens with zero attached hydrogens (tertiary/aromatic N) is 6. The predicted molar refractivity (Wildman–Crippen MR) is 135 cm³/mol. The van der Waals surface area contributed by atoms with Crippen molar-refractivity contribution in [1.82, 2.24) is 24.5 Å². The summed E-state index contributed by atoms with van der Waals surface area (Å²) in [6.07, 6.45) is -2.14. The zero-order valence-electron chi connectivity index (χ0n) is 21.8. The van der Waals surface area contributed by atoms with Crippen molar-refractivity contribution in [2.75, 3.05) is 30.8 Å². The lowest BCUT2D eigenvalue weighted by atomic mass is 9.84. The Morgan fingerprint density at radius 2 is 1.97 bits per heavy atom. The molecule has 0 aliphatic carbocycles. The molecule has 2 atom stereocenters. The van der Waals surface area contributed by atoms with Crippen LogP contribution < -0.4 is 21.1 Å². The fraction of sp³-hybridized carbons (Fsp3) is 0.360. The summed E-state index contributed by atoms with van der Waals surface area (Å²) in [6.45, 7) is 0.167. The van der Waals surface area contributed by atoms with E-state index in [1.165, 1.54) is 32.0 Å². The fourth-order valence-corrected chi connectivity index (χ4v) is 4.84. The van der Waals surface area contributed by atoms with Crippen LogP contribution in [-0.2, 0) is 6.54 Å². The number of piperidine rings is 1. The summed E-state index contributed by atoms with van der Waals surface area (Å²) >= 11 is 0. The molecule has 39 heavy (non-hydrogen) atoms. The van der Waals surface area contributed by atoms with E-state index in [1.54, 1.807) is 9.47 Å². The average Bonchev–Trinajstić information content (AvgIpc) is 3.33. The zero-order chi connectivity index (χ0) is 28.8. The molecule has 3 aromatic heterocycles. The third kappa shape index (κ3) is 4.92. The number of pyridine rings is 1. The van der Waals surface area contributed by atoms with Crippen molar-refractivity contribution in [3.63, 3.8) is 0 Å². The van der Waals surface area contributed by atoms with Crippen LogP contribution in [0.4, 0.5) is 29.1 Å². The molecule has 0 amide bonds. The van der Waals surface area contributed by atoms with Crippen LogP contribution >= 0.6 is 0 Å². The van der Waals surface area contributed by atoms with Gasteiger partial charge in [-0.05, 0) is 30.5 Å². The normalized spacial score (nSPS) is 19.8. The number of halogens is 4. The minimum atomic E-state index is -3.40. The number of fused-ring (bicyclic) bond motifs is 1. The summed E-state index contributed by atoms with van der Waals surface area (Å²) in [6, 6.07) is 3.41. The van der Waals surface area contributed by atoms with Crippen molar-refractivity contribution in [2.45, 2.75) is 37.4 Å². The van der Waals surface area contributed by atoms with Gasteiger partial charge in [-0.3, -0.25) is 4.98 Å². The van der Waals surface area contributed by atoms with Crippen molar-refractivity contribution in [2.24, 2.45) is 5.73 Å². The fourth-order valence-electron chi connectivity index (χ4n) is 4.84. The van der Waals surface area contributed by atoms with Crippen LogP contribution in [0.1, 0.15) is 19.8 Å². The van der Waals surface area contributed by atoms with Crippen LogP contribution in [-0.4, -0.2) is 67.9 Å². The largest absolute Gasteiger partial charge is 0.494 e. The molecule has 1 fully saturated rings. The number of nitrogens with two attached hydrogens (primary N) is 2. The average molecular weight is 548 g/mol. The molecular formula is C25H26F4N8O2. The van der Waals surface area contributed by atoms with Crippen LogP contribution in [0, 0.1) is 11.6 Å². The number of anilines is 2. The van der Waals surface area contributed by atoms with Gasteiger partial charge in [0.25, 0.3) is 6.43 Å². The van der Waals surface area contributed by atoms with Crippen LogP contribution in [0.15, 0.2) is 37.1 Å². The SMILES string of the molecule is [2H][C@@](O)(C(F)F)[C@@]1(N)CCCN(c2cnc(-c3cc(F)c(OC)cc3F)cc2Cn2cnc3c(N)ncnc32)C1. The minimum Gasteiger partial charge on any atom is -0.494 e. The molecule has 0 bridgehead atoms. The lowest BCUT2D eigenvalue weighted by Crippen LogP contribution is -2.63. The van der Waals surface area contributed by atoms with E-state index in [-0.39, 0.29) is 42.3 Å². The molecule has 1 saturated heterocycles. The van der Waals surface area contributed by atoms with Crippen LogP contribution in [0.25, 0.3) is 22.4 Å². The van der Waals surface area contributed by atoms with Gasteiger partial charge in [-0.2, -0.15) is 0 Å². The Balaban J connectivity index is 1.61. The first-order valence-electron chi connectivity index (χ1n) is 12.4. The molecule has 0 spiro atoms. The van der Waals surface area contributed by atoms with Crippen molar-refractivity contribution in [3.05, 3.63) is 54.2 Å². The lowest BCUT2D eigenvalue weighted by Gasteiger charge is -2.44. The van der Waals surface area contributed by atoms with Gasteiger partial charge in [0.2, 0.25) is 0 Å². The number of aromatic nitrogens is 5. The number of aliphatic hydroxyl groups is 1. The number of benzene rings is 1. The summed E-state index contributed by atoms with van der Waals surface area (Å²) in [5.41, 5.74) is 11.8. The summed E-state index contributed by atoms with van der Waals surface area (Å²) in [4.78, 5) is 18.4. The molecule has 14 heteroatoms. The number of hydrogen-bond acceptors (Lipinski definition) is 9. The van der Waals surface area contributed by atoms with Gasteiger partial charge in [0.1, 0.15) is 23.7 Å². The van der Waals surface area contributed by atoms with Crippen molar-refractivity contribution >= 4 is 22.7 Å². The quantitative estimate of drug-likeness (QED) is 0.298. The molecule has 1 aromatic carbocycles. The maximum atomic E-state index is 14.9. The highest BCUT2D eigenvalue weighted by Gasteiger charge is 2.43. The first kappa shape index (κ1) is 25.2. The molecule has 4 heterocycles. The van der Waals surface area contributed by atoms with Crippen LogP contribution in [0.2, 0.25) is 0 Å². The minimum absolute atomic E-state index is 0.00657. The van der Waals surface area contributed by atoms with Crippen LogP contribution in [0.3, 0.4) is 0 Å². The van der Waals surface area contributed by atoms with E-state index in [0.717, 1.165) is 12.1 Å². The molecule has 5 rings (SSSR count). The molecule has 206 valence electrons. The van der Waals surface area contributed by atoms with Gasteiger partial charge >= 0.3 is 0 Å². The van der Waals surface area contributed by atoms with E-state index in [2.05, 4.69) is 19.9 Å². The Morgan fingerprint density at radius 3 is 2.72 bits per heavy atom. The number of ether oxygens (including phenoxy) is 1. The maximum absolute atomic E-state index is 14.9. The number of alkyl halides is 2. The van der Waals surface area contributed by atoms with Crippen molar-refractivity contribution in [1.29, 1.82) is 0 Å². The van der Waals surface area contributed by atoms with E-state index in [0.29, 0.717) is 35.4 Å². The third-order valence-electron chi connectivity index (χ3n) is 6.83. The molecule has 0 radical (unpaired) electrons. The molecule has 4 aromatic rings. The number of rotatable bonds is 7. The molecular weight excluding hydrogens is 520 g/mol. The number of methoxy groups -OCH3 is 1. The molecule has 1 aliphatic rings. The summed E-state index contributed by atoms with van der Waals surface area (Å²) in [5, 5.41) is 10.3. The monoisotopic (exact) mass is 547 g/mol. The van der Waals surface area contributed by atoms with Crippen molar-refractivity contribution in [3.8, 4) is 17.0 Å². The van der Waals surface area contributed by atoms with Crippen molar-refractivity contribution < 1.29 is 28.8 Å². The topological polar surface area (TPSA) is 141 Å². The van der Waals surface area contributed by atoms with Gasteiger partial charge in [-0.15, -0.1) is 0 Å². The van der Waals surface area contributed by atoms with Gasteiger partial charge in [0, 0.05) is 24.7 Å². The third-order valence-corrected chi connectivity index (χ3v) is 6.83. The Kier molecular flexibility index (Phi) is 6.64. The van der Waals surface area contributed by atoms with Gasteiger partial charge < -0.3 is 30.8 Å². The lowest BCUT2D eigenvalue weighted by molar-refractivity contribution is -0.0529. The number of imidazole rings is 1. The molecule has 10 nitrogen and oxygen atoms in total. The van der Waals surface area contributed by atoms with E-state index >= 15 is 0 Å². The van der Waals surface area contributed by atoms with E-state index < -0.39 is 29.7 Å². The van der Waals surface area contributed by atoms with E-state index in [4.69, 9.17) is 17.6 Å². The van der Waals surface area contributed by atoms with Crippen LogP contribution in [0.5, 0.6) is 5.75 Å². The second kappa shape index (κ2) is 10.3. The van der Waals surface area contributed by atoms with Gasteiger partial charge in [-0.1, -0.05) is 0 Å². The highest BCUT2D eigenvalue weighted by atomic mass is 19.3. The Hall–Kier alpha value is -4.04. The highest BCUT2D eigenvalue weighted by Crippen LogP contribution is 2.34. The highest BCUT2D eigenvalue weighted by molar-refractivity contribution is 5.81. The smallest absolute Gasteiger partial charge is 0.265 e. The number of nitrogen functional groups attached to an aromatic ring is 1. The zero-order valence-corrected chi connectivity index (χ0v) is 20.8. The van der Waals surface area contributed by atoms with E-state index in [1.807, 2.05) is 0 Å². The Labute approximate surface area is 221 Å². The molecule has 5 N–H and O–H groups in total. The first-order valence-corrected chi connectivity index (χ1v) is 11.9. The molecule has 1 aliphatic heterocycles. The Morgan fingerprint density at radius 1 is 1.18 bits per heavy atom. The Bertz CT molecular complexity index is 1570. The molecule has 0 saturated carbocycles. The summed E-state index contributed by atoms with van der Waals surface area (Å²) in [5.74, 6) is -1.66. The molecule has 0 unspecified atom stereocenters. The van der Waals surface area contributed by atoms with Gasteiger partial charge in [0.05, 0.1) is 44.5 Å². The standard InChI is InChI=1S/C25H26F4N8O2/c1-39-19-7-15(26)14(6-16(19)27)17-5-13(9-37-12-35-20-23(30)33-11-34-24(20)37)18(8-32-17)36-4-2-3-25(31,10-36)21(38)22(28)29/h5-8,11-12,21-22,38H,2-4,9-10,31H2,1H3,(H2,30,33,34)/t21-,25-/m1/s1/i21D.